The van der Waals surface area contributed by atoms with Gasteiger partial charge in [-0.3, -0.25) is 4.79 Å². The Labute approximate surface area is 155 Å². The van der Waals surface area contributed by atoms with Gasteiger partial charge < -0.3 is 14.8 Å². The fraction of sp³-hybridized carbons (Fsp3) is 0.238. The Morgan fingerprint density at radius 2 is 1.78 bits per heavy atom. The molecule has 3 rings (SSSR count). The predicted octanol–water partition coefficient (Wildman–Crippen LogP) is 4.11. The summed E-state index contributed by atoms with van der Waals surface area (Å²) in [5.41, 5.74) is 0.841. The molecule has 0 saturated heterocycles. The third-order valence-corrected chi connectivity index (χ3v) is 4.81. The highest BCUT2D eigenvalue weighted by Gasteiger charge is 2.23. The van der Waals surface area contributed by atoms with Gasteiger partial charge in [0.05, 0.1) is 5.52 Å². The van der Waals surface area contributed by atoms with Crippen molar-refractivity contribution >= 4 is 16.9 Å². The van der Waals surface area contributed by atoms with E-state index in [9.17, 15) is 24.2 Å². The van der Waals surface area contributed by atoms with Crippen LogP contribution in [0.25, 0.3) is 10.9 Å². The molecule has 2 N–H and O–H groups in total. The van der Waals surface area contributed by atoms with Crippen LogP contribution < -0.4 is 5.56 Å². The summed E-state index contributed by atoms with van der Waals surface area (Å²) in [5.74, 6) is -2.30. The highest BCUT2D eigenvalue weighted by Crippen LogP contribution is 2.30. The second kappa shape index (κ2) is 7.23. The Bertz CT molecular complexity index is 1070. The summed E-state index contributed by atoms with van der Waals surface area (Å²) in [6.07, 6.45) is 1.12. The lowest BCUT2D eigenvalue weighted by atomic mass is 10.0. The molecule has 0 fully saturated rings. The number of nitrogens with zero attached hydrogens (tertiary/aromatic N) is 1. The van der Waals surface area contributed by atoms with E-state index in [0.717, 1.165) is 11.1 Å². The highest BCUT2D eigenvalue weighted by molar-refractivity contribution is 5.98. The zero-order valence-corrected chi connectivity index (χ0v) is 15.1. The molecule has 5 nitrogen and oxygen atoms in total. The summed E-state index contributed by atoms with van der Waals surface area (Å²) >= 11 is 0. The van der Waals surface area contributed by atoms with Crippen molar-refractivity contribution in [3.63, 3.8) is 0 Å². The maximum Gasteiger partial charge on any atom is 0.345 e. The van der Waals surface area contributed by atoms with Gasteiger partial charge in [-0.25, -0.2) is 9.18 Å². The van der Waals surface area contributed by atoms with Crippen molar-refractivity contribution in [3.05, 3.63) is 75.3 Å². The number of aromatic hydroxyl groups is 1. The van der Waals surface area contributed by atoms with Gasteiger partial charge in [0.2, 0.25) is 0 Å². The average molecular weight is 369 g/mol. The first-order valence-corrected chi connectivity index (χ1v) is 8.71. The van der Waals surface area contributed by atoms with Gasteiger partial charge in [0.15, 0.2) is 5.56 Å². The Morgan fingerprint density at radius 1 is 1.15 bits per heavy atom. The Hall–Kier alpha value is -3.15. The number of halogens is 1. The van der Waals surface area contributed by atoms with E-state index < -0.39 is 22.8 Å². The number of carboxylic acid groups (broad SMARTS) is 1. The second-order valence-electron chi connectivity index (χ2n) is 6.62. The van der Waals surface area contributed by atoms with Crippen LogP contribution in [0.15, 0.2) is 47.3 Å². The van der Waals surface area contributed by atoms with Gasteiger partial charge in [-0.05, 0) is 55.2 Å². The zero-order valence-electron chi connectivity index (χ0n) is 15.1. The predicted molar refractivity (Wildman–Crippen MR) is 101 cm³/mol. The molecule has 27 heavy (non-hydrogen) atoms. The first kappa shape index (κ1) is 18.6. The van der Waals surface area contributed by atoms with Crippen molar-refractivity contribution in [3.8, 4) is 5.75 Å². The Kier molecular flexibility index (Phi) is 4.99. The van der Waals surface area contributed by atoms with Gasteiger partial charge in [0.1, 0.15) is 11.6 Å². The molecule has 0 aliphatic heterocycles. The third kappa shape index (κ3) is 3.43. The molecule has 0 aliphatic carbocycles. The van der Waals surface area contributed by atoms with Gasteiger partial charge in [-0.2, -0.15) is 0 Å². The maximum absolute atomic E-state index is 13.1. The van der Waals surface area contributed by atoms with Crippen molar-refractivity contribution in [1.29, 1.82) is 0 Å². The molecule has 0 spiro atoms. The molecular weight excluding hydrogens is 349 g/mol. The number of aromatic carboxylic acids is 1. The van der Waals surface area contributed by atoms with Gasteiger partial charge in [-0.15, -0.1) is 0 Å². The van der Waals surface area contributed by atoms with Gasteiger partial charge in [-0.1, -0.05) is 25.1 Å². The summed E-state index contributed by atoms with van der Waals surface area (Å²) in [4.78, 5) is 24.2. The number of fused-ring (bicyclic) bond motifs is 1. The summed E-state index contributed by atoms with van der Waals surface area (Å²) in [5, 5.41) is 20.2. The molecule has 1 aromatic heterocycles. The molecule has 0 radical (unpaired) electrons. The molecule has 0 amide bonds. The highest BCUT2D eigenvalue weighted by atomic mass is 19.1. The lowest BCUT2D eigenvalue weighted by Gasteiger charge is -2.19. The third-order valence-electron chi connectivity index (χ3n) is 4.81. The molecule has 140 valence electrons. The quantitative estimate of drug-likeness (QED) is 0.709. The molecule has 0 bridgehead atoms. The van der Waals surface area contributed by atoms with Gasteiger partial charge in [0, 0.05) is 11.4 Å². The smallest absolute Gasteiger partial charge is 0.345 e. The molecule has 1 atom stereocenters. The van der Waals surface area contributed by atoms with Crippen LogP contribution in [0.4, 0.5) is 4.39 Å². The SMILES string of the molecule is CCC(C)n1c(=O)c(C(=O)O)c(O)c2cc(Cc3ccc(F)cc3)ccc21. The average Bonchev–Trinajstić information content (AvgIpc) is 2.63. The number of pyridine rings is 1. The second-order valence-corrected chi connectivity index (χ2v) is 6.62. The zero-order chi connectivity index (χ0) is 19.7. The van der Waals surface area contributed by atoms with E-state index in [1.165, 1.54) is 16.7 Å². The minimum atomic E-state index is -1.46. The fourth-order valence-corrected chi connectivity index (χ4v) is 3.21. The van der Waals surface area contributed by atoms with Crippen LogP contribution in [0.1, 0.15) is 47.8 Å². The van der Waals surface area contributed by atoms with E-state index in [0.29, 0.717) is 23.7 Å². The number of benzene rings is 2. The van der Waals surface area contributed by atoms with Crippen molar-refractivity contribution in [2.45, 2.75) is 32.7 Å². The van der Waals surface area contributed by atoms with E-state index in [2.05, 4.69) is 0 Å². The van der Waals surface area contributed by atoms with Crippen molar-refractivity contribution < 1.29 is 19.4 Å². The summed E-state index contributed by atoms with van der Waals surface area (Å²) in [6.45, 7) is 3.73. The summed E-state index contributed by atoms with van der Waals surface area (Å²) in [6, 6.07) is 11.1. The lowest BCUT2D eigenvalue weighted by Crippen LogP contribution is -2.29. The number of aromatic nitrogens is 1. The Balaban J connectivity index is 2.21. The maximum atomic E-state index is 13.1. The fourth-order valence-electron chi connectivity index (χ4n) is 3.21. The lowest BCUT2D eigenvalue weighted by molar-refractivity contribution is 0.0691. The van der Waals surface area contributed by atoms with Crippen LogP contribution in [-0.4, -0.2) is 20.7 Å². The van der Waals surface area contributed by atoms with E-state index >= 15 is 0 Å². The number of rotatable bonds is 5. The number of hydrogen-bond donors (Lipinski definition) is 2. The minimum Gasteiger partial charge on any atom is -0.506 e. The minimum absolute atomic E-state index is 0.221. The van der Waals surface area contributed by atoms with E-state index in [1.807, 2.05) is 19.9 Å². The number of carboxylic acids is 1. The molecule has 2 aromatic carbocycles. The summed E-state index contributed by atoms with van der Waals surface area (Å²) < 4.78 is 14.5. The molecule has 3 aromatic rings. The van der Waals surface area contributed by atoms with Crippen LogP contribution in [0.3, 0.4) is 0 Å². The van der Waals surface area contributed by atoms with Crippen LogP contribution in [0, 0.1) is 5.82 Å². The first-order valence-electron chi connectivity index (χ1n) is 8.71. The molecule has 1 heterocycles. The number of hydrogen-bond acceptors (Lipinski definition) is 3. The summed E-state index contributed by atoms with van der Waals surface area (Å²) in [7, 11) is 0. The molecule has 6 heteroatoms. The van der Waals surface area contributed by atoms with Crippen molar-refractivity contribution in [1.82, 2.24) is 4.57 Å². The van der Waals surface area contributed by atoms with Gasteiger partial charge >= 0.3 is 5.97 Å². The van der Waals surface area contributed by atoms with E-state index in [1.54, 1.807) is 24.3 Å². The Morgan fingerprint density at radius 3 is 2.37 bits per heavy atom. The standard InChI is InChI=1S/C21H20FNO4/c1-3-12(2)23-17-9-6-14(10-13-4-7-15(22)8-5-13)11-16(17)19(24)18(20(23)25)21(26)27/h4-9,11-12,24H,3,10H2,1-2H3,(H,26,27). The van der Waals surface area contributed by atoms with Crippen LogP contribution in [-0.2, 0) is 6.42 Å². The van der Waals surface area contributed by atoms with Crippen molar-refractivity contribution in [2.24, 2.45) is 0 Å². The van der Waals surface area contributed by atoms with E-state index in [-0.39, 0.29) is 11.9 Å². The normalized spacial score (nSPS) is 12.3. The molecule has 0 aliphatic rings. The topological polar surface area (TPSA) is 79.5 Å². The van der Waals surface area contributed by atoms with Gasteiger partial charge in [0.25, 0.3) is 5.56 Å². The van der Waals surface area contributed by atoms with Crippen LogP contribution in [0.5, 0.6) is 5.75 Å². The number of carbonyl (C=O) groups is 1. The molecule has 0 saturated carbocycles. The molecule has 1 unspecified atom stereocenters. The van der Waals surface area contributed by atoms with Crippen LogP contribution >= 0.6 is 0 Å². The van der Waals surface area contributed by atoms with Crippen LogP contribution in [0.2, 0.25) is 0 Å². The van der Waals surface area contributed by atoms with Crippen molar-refractivity contribution in [2.75, 3.05) is 0 Å². The van der Waals surface area contributed by atoms with E-state index in [4.69, 9.17) is 0 Å². The largest absolute Gasteiger partial charge is 0.506 e. The monoisotopic (exact) mass is 369 g/mol. The molecular formula is C21H20FNO4. The first-order chi connectivity index (χ1) is 12.8.